The molecule has 0 bridgehead atoms. The molecule has 0 unspecified atom stereocenters. The number of carbonyl (C=O) groups excluding carboxylic acids is 1. The van der Waals surface area contributed by atoms with Crippen LogP contribution in [0.4, 0.5) is 22.0 Å². The Morgan fingerprint density at radius 1 is 1.22 bits per heavy atom. The van der Waals surface area contributed by atoms with Crippen molar-refractivity contribution in [2.75, 3.05) is 6.61 Å². The normalized spacial score (nSPS) is 11.4. The Balaban J connectivity index is 2.45. The van der Waals surface area contributed by atoms with E-state index in [1.807, 2.05) is 5.21 Å². The number of hydrogen-bond donors (Lipinski definition) is 1. The van der Waals surface area contributed by atoms with Gasteiger partial charge < -0.3 is 9.47 Å². The third-order valence-corrected chi connectivity index (χ3v) is 2.54. The number of aromatic nitrogens is 3. The van der Waals surface area contributed by atoms with Crippen LogP contribution in [0.1, 0.15) is 17.4 Å². The van der Waals surface area contributed by atoms with Crippen molar-refractivity contribution in [1.29, 1.82) is 0 Å². The molecule has 1 aromatic heterocycles. The Bertz CT molecular complexity index is 729. The summed E-state index contributed by atoms with van der Waals surface area (Å²) in [6.45, 7) is 1.52. The second-order valence-electron chi connectivity index (χ2n) is 4.03. The molecule has 0 aliphatic carbocycles. The summed E-state index contributed by atoms with van der Waals surface area (Å²) in [5.74, 6) is -5.85. The molecule has 1 aromatic carbocycles. The van der Waals surface area contributed by atoms with Gasteiger partial charge in [0.05, 0.1) is 6.61 Å². The van der Waals surface area contributed by atoms with Gasteiger partial charge in [-0.3, -0.25) is 0 Å². The summed E-state index contributed by atoms with van der Waals surface area (Å²) in [5.41, 5.74) is -1.41. The molecule has 0 fully saturated rings. The lowest BCUT2D eigenvalue weighted by Crippen LogP contribution is -2.18. The number of aromatic amines is 1. The van der Waals surface area contributed by atoms with E-state index in [9.17, 15) is 26.7 Å². The van der Waals surface area contributed by atoms with E-state index in [-0.39, 0.29) is 6.61 Å². The number of nitrogens with zero attached hydrogens (tertiary/aromatic N) is 2. The van der Waals surface area contributed by atoms with Crippen molar-refractivity contribution in [2.24, 2.45) is 0 Å². The molecule has 0 radical (unpaired) electrons. The average Bonchev–Trinajstić information content (AvgIpc) is 2.92. The van der Waals surface area contributed by atoms with Gasteiger partial charge in [0.25, 0.3) is 0 Å². The highest BCUT2D eigenvalue weighted by atomic mass is 19.4. The lowest BCUT2D eigenvalue weighted by atomic mass is 10.1. The molecule has 0 aliphatic rings. The first-order chi connectivity index (χ1) is 10.7. The molecule has 0 atom stereocenters. The molecule has 11 heteroatoms. The number of alkyl halides is 3. The number of H-pyrrole nitrogens is 1. The fourth-order valence-electron chi connectivity index (χ4n) is 1.68. The number of hydrogen-bond acceptors (Lipinski definition) is 5. The van der Waals surface area contributed by atoms with E-state index in [0.717, 1.165) is 6.07 Å². The first kappa shape index (κ1) is 16.6. The monoisotopic (exact) mass is 337 g/mol. The van der Waals surface area contributed by atoms with E-state index in [1.165, 1.54) is 6.92 Å². The maximum atomic E-state index is 14.0. The van der Waals surface area contributed by atoms with Gasteiger partial charge in [0.1, 0.15) is 5.69 Å². The van der Waals surface area contributed by atoms with Crippen LogP contribution < -0.4 is 4.74 Å². The number of carbonyl (C=O) groups is 1. The zero-order valence-electron chi connectivity index (χ0n) is 11.4. The molecule has 23 heavy (non-hydrogen) atoms. The summed E-state index contributed by atoms with van der Waals surface area (Å²) < 4.78 is 71.9. The van der Waals surface area contributed by atoms with Gasteiger partial charge in [-0.15, -0.1) is 18.3 Å². The van der Waals surface area contributed by atoms with Crippen molar-refractivity contribution < 1.29 is 36.2 Å². The molecule has 2 rings (SSSR count). The fraction of sp³-hybridized carbons (Fsp3) is 0.250. The molecule has 1 heterocycles. The van der Waals surface area contributed by atoms with Crippen molar-refractivity contribution in [3.63, 3.8) is 0 Å². The van der Waals surface area contributed by atoms with Crippen LogP contribution in [-0.4, -0.2) is 34.3 Å². The highest BCUT2D eigenvalue weighted by molar-refractivity contribution is 5.94. The molecule has 0 amide bonds. The van der Waals surface area contributed by atoms with Crippen molar-refractivity contribution in [1.82, 2.24) is 15.4 Å². The number of nitrogens with one attached hydrogen (secondary N) is 1. The Labute approximate surface area is 125 Å². The lowest BCUT2D eigenvalue weighted by molar-refractivity contribution is -0.275. The van der Waals surface area contributed by atoms with E-state index in [0.29, 0.717) is 6.07 Å². The van der Waals surface area contributed by atoms with Crippen molar-refractivity contribution in [3.05, 3.63) is 29.5 Å². The molecule has 0 saturated carbocycles. The summed E-state index contributed by atoms with van der Waals surface area (Å²) in [5, 5.41) is 8.98. The summed E-state index contributed by atoms with van der Waals surface area (Å²) in [6, 6.07) is 1.34. The van der Waals surface area contributed by atoms with Crippen LogP contribution >= 0.6 is 0 Å². The van der Waals surface area contributed by atoms with Gasteiger partial charge >= 0.3 is 12.3 Å². The average molecular weight is 337 g/mol. The maximum Gasteiger partial charge on any atom is 0.573 e. The van der Waals surface area contributed by atoms with Gasteiger partial charge in [0.2, 0.25) is 5.82 Å². The molecule has 0 saturated heterocycles. The minimum Gasteiger partial charge on any atom is -0.461 e. The topological polar surface area (TPSA) is 77.1 Å². The van der Waals surface area contributed by atoms with Crippen LogP contribution in [0, 0.1) is 11.6 Å². The van der Waals surface area contributed by atoms with Gasteiger partial charge in [-0.1, -0.05) is 0 Å². The fourth-order valence-corrected chi connectivity index (χ4v) is 1.68. The van der Waals surface area contributed by atoms with Crippen molar-refractivity contribution >= 4 is 5.97 Å². The minimum absolute atomic E-state index is 0.000334. The largest absolute Gasteiger partial charge is 0.573 e. The second-order valence-corrected chi connectivity index (χ2v) is 4.03. The Kier molecular flexibility index (Phi) is 4.48. The molecule has 124 valence electrons. The van der Waals surface area contributed by atoms with E-state index < -0.39 is 46.7 Å². The second kappa shape index (κ2) is 6.18. The van der Waals surface area contributed by atoms with Crippen molar-refractivity contribution in [3.8, 4) is 17.0 Å². The third kappa shape index (κ3) is 3.55. The molecule has 2 aromatic rings. The smallest absolute Gasteiger partial charge is 0.461 e. The number of ether oxygens (including phenoxy) is 2. The standard InChI is InChI=1S/C12H8F5N3O3/c1-2-22-11(21)10-9(18-20-19-10)5-3-4-6(8(14)7(5)13)23-12(15,16)17/h3-4H,2H2,1H3,(H,18,19,20). The molecule has 6 nitrogen and oxygen atoms in total. The van der Waals surface area contributed by atoms with Crippen LogP contribution in [0.2, 0.25) is 0 Å². The van der Waals surface area contributed by atoms with Gasteiger partial charge in [-0.2, -0.15) is 14.7 Å². The highest BCUT2D eigenvalue weighted by Crippen LogP contribution is 2.32. The van der Waals surface area contributed by atoms with E-state index in [1.54, 1.807) is 0 Å². The zero-order valence-corrected chi connectivity index (χ0v) is 11.4. The predicted molar refractivity (Wildman–Crippen MR) is 64.4 cm³/mol. The number of esters is 1. The predicted octanol–water partition coefficient (Wildman–Crippen LogP) is 2.83. The maximum absolute atomic E-state index is 14.0. The van der Waals surface area contributed by atoms with Gasteiger partial charge in [-0.05, 0) is 19.1 Å². The number of rotatable bonds is 4. The molecule has 0 aliphatic heterocycles. The minimum atomic E-state index is -5.18. The van der Waals surface area contributed by atoms with Crippen LogP contribution in [0.3, 0.4) is 0 Å². The van der Waals surface area contributed by atoms with Crippen LogP contribution in [0.5, 0.6) is 5.75 Å². The van der Waals surface area contributed by atoms with E-state index >= 15 is 0 Å². The third-order valence-electron chi connectivity index (χ3n) is 2.54. The van der Waals surface area contributed by atoms with Gasteiger partial charge in [0.15, 0.2) is 17.3 Å². The summed E-state index contributed by atoms with van der Waals surface area (Å²) in [4.78, 5) is 11.6. The first-order valence-corrected chi connectivity index (χ1v) is 6.06. The number of benzene rings is 1. The van der Waals surface area contributed by atoms with Gasteiger partial charge in [0, 0.05) is 5.56 Å². The van der Waals surface area contributed by atoms with E-state index in [4.69, 9.17) is 0 Å². The highest BCUT2D eigenvalue weighted by Gasteiger charge is 2.34. The van der Waals surface area contributed by atoms with Crippen LogP contribution in [0.25, 0.3) is 11.3 Å². The van der Waals surface area contributed by atoms with Crippen LogP contribution in [-0.2, 0) is 4.74 Å². The Morgan fingerprint density at radius 3 is 2.52 bits per heavy atom. The Hall–Kier alpha value is -2.72. The van der Waals surface area contributed by atoms with Gasteiger partial charge in [-0.25, -0.2) is 9.18 Å². The summed E-state index contributed by atoms with van der Waals surface area (Å²) in [6.07, 6.45) is -5.18. The first-order valence-electron chi connectivity index (χ1n) is 6.06. The lowest BCUT2D eigenvalue weighted by Gasteiger charge is -2.11. The Morgan fingerprint density at radius 2 is 1.91 bits per heavy atom. The summed E-state index contributed by atoms with van der Waals surface area (Å²) in [7, 11) is 0. The molecular weight excluding hydrogens is 329 g/mol. The SMILES string of the molecule is CCOC(=O)c1n[nH]nc1-c1ccc(OC(F)(F)F)c(F)c1F. The zero-order chi connectivity index (χ0) is 17.2. The molecule has 1 N–H and O–H groups in total. The molecular formula is C12H8F5N3O3. The molecule has 0 spiro atoms. The van der Waals surface area contributed by atoms with Crippen molar-refractivity contribution in [2.45, 2.75) is 13.3 Å². The quantitative estimate of drug-likeness (QED) is 0.686. The van der Waals surface area contributed by atoms with Crippen LogP contribution in [0.15, 0.2) is 12.1 Å². The van der Waals surface area contributed by atoms with E-state index in [2.05, 4.69) is 19.7 Å². The summed E-state index contributed by atoms with van der Waals surface area (Å²) >= 11 is 0. The number of halogens is 5.